The molecule has 7 nitrogen and oxygen atoms in total. The molecular formula is C19H16N2O5S. The highest BCUT2D eigenvalue weighted by molar-refractivity contribution is 7.09. The number of aryl methyl sites for hydroxylation is 1. The molecule has 3 aromatic rings. The van der Waals surface area contributed by atoms with E-state index >= 15 is 0 Å². The van der Waals surface area contributed by atoms with Crippen molar-refractivity contribution >= 4 is 34.1 Å². The number of nitriles is 1. The van der Waals surface area contributed by atoms with E-state index in [2.05, 4.69) is 4.98 Å². The minimum absolute atomic E-state index is 0.0415. The number of fused-ring (bicyclic) bond motifs is 1. The fourth-order valence-corrected chi connectivity index (χ4v) is 3.40. The first-order chi connectivity index (χ1) is 13.0. The standard InChI is InChI=1S/C19H16N2O5S/c1-11-10-27-19(21-11)15(7-20)16(22)9-26-18(23)5-12-8-25-17-6-13(24-2)3-4-14(12)17/h3-4,6,8,10,15H,5,9H2,1-2H3. The first-order valence-corrected chi connectivity index (χ1v) is 8.94. The van der Waals surface area contributed by atoms with Crippen LogP contribution in [0.25, 0.3) is 11.0 Å². The molecule has 0 N–H and O–H groups in total. The third-order valence-electron chi connectivity index (χ3n) is 3.91. The third-order valence-corrected chi connectivity index (χ3v) is 4.94. The Balaban J connectivity index is 1.61. The van der Waals surface area contributed by atoms with Gasteiger partial charge in [-0.1, -0.05) is 0 Å². The highest BCUT2D eigenvalue weighted by Gasteiger charge is 2.24. The van der Waals surface area contributed by atoms with Gasteiger partial charge in [-0.05, 0) is 19.1 Å². The highest BCUT2D eigenvalue weighted by atomic mass is 32.1. The molecule has 27 heavy (non-hydrogen) atoms. The zero-order valence-corrected chi connectivity index (χ0v) is 15.5. The number of hydrogen-bond donors (Lipinski definition) is 0. The number of methoxy groups -OCH3 is 1. The molecule has 0 spiro atoms. The molecule has 0 bridgehead atoms. The lowest BCUT2D eigenvalue weighted by Gasteiger charge is -2.06. The van der Waals surface area contributed by atoms with E-state index in [0.717, 1.165) is 11.1 Å². The van der Waals surface area contributed by atoms with E-state index in [1.807, 2.05) is 6.07 Å². The second-order valence-electron chi connectivity index (χ2n) is 5.82. The second-order valence-corrected chi connectivity index (χ2v) is 6.71. The van der Waals surface area contributed by atoms with Crippen molar-refractivity contribution in [3.8, 4) is 11.8 Å². The molecule has 3 rings (SSSR count). The van der Waals surface area contributed by atoms with Gasteiger partial charge >= 0.3 is 5.97 Å². The van der Waals surface area contributed by atoms with E-state index in [1.165, 1.54) is 17.6 Å². The Kier molecular flexibility index (Phi) is 5.52. The molecule has 8 heteroatoms. The maximum Gasteiger partial charge on any atom is 0.310 e. The molecule has 0 aliphatic heterocycles. The highest BCUT2D eigenvalue weighted by Crippen LogP contribution is 2.26. The molecular weight excluding hydrogens is 368 g/mol. The molecule has 0 radical (unpaired) electrons. The lowest BCUT2D eigenvalue weighted by molar-refractivity contribution is -0.147. The van der Waals surface area contributed by atoms with E-state index in [0.29, 0.717) is 21.9 Å². The largest absolute Gasteiger partial charge is 0.497 e. The Labute approximate surface area is 159 Å². The Morgan fingerprint density at radius 3 is 2.89 bits per heavy atom. The SMILES string of the molecule is COc1ccc2c(CC(=O)OCC(=O)C(C#N)c3nc(C)cs3)coc2c1. The van der Waals surface area contributed by atoms with Crippen LogP contribution < -0.4 is 4.74 Å². The van der Waals surface area contributed by atoms with Crippen molar-refractivity contribution in [3.63, 3.8) is 0 Å². The number of Topliss-reactive ketones (excluding diaryl/α,β-unsaturated/α-hetero) is 1. The van der Waals surface area contributed by atoms with Gasteiger partial charge in [0.25, 0.3) is 0 Å². The van der Waals surface area contributed by atoms with Crippen LogP contribution in [0.3, 0.4) is 0 Å². The van der Waals surface area contributed by atoms with Crippen LogP contribution in [-0.4, -0.2) is 30.5 Å². The number of carbonyl (C=O) groups excluding carboxylic acids is 2. The predicted molar refractivity (Wildman–Crippen MR) is 97.6 cm³/mol. The quantitative estimate of drug-likeness (QED) is 0.576. The van der Waals surface area contributed by atoms with Crippen molar-refractivity contribution in [1.82, 2.24) is 4.98 Å². The van der Waals surface area contributed by atoms with Gasteiger partial charge in [0, 0.05) is 28.1 Å². The van der Waals surface area contributed by atoms with Crippen molar-refractivity contribution in [2.24, 2.45) is 0 Å². The summed E-state index contributed by atoms with van der Waals surface area (Å²) < 4.78 is 15.6. The number of benzene rings is 1. The summed E-state index contributed by atoms with van der Waals surface area (Å²) in [6.07, 6.45) is 1.43. The Morgan fingerprint density at radius 1 is 1.41 bits per heavy atom. The second kappa shape index (κ2) is 8.01. The molecule has 1 unspecified atom stereocenters. The Bertz CT molecular complexity index is 1030. The number of thiazole rings is 1. The first-order valence-electron chi connectivity index (χ1n) is 8.06. The van der Waals surface area contributed by atoms with E-state index in [4.69, 9.17) is 13.9 Å². The first kappa shape index (κ1) is 18.6. The van der Waals surface area contributed by atoms with Crippen molar-refractivity contribution < 1.29 is 23.5 Å². The van der Waals surface area contributed by atoms with Crippen LogP contribution in [0.15, 0.2) is 34.3 Å². The van der Waals surface area contributed by atoms with Crippen molar-refractivity contribution in [2.45, 2.75) is 19.3 Å². The maximum atomic E-state index is 12.2. The fourth-order valence-electron chi connectivity index (χ4n) is 2.54. The number of carbonyl (C=O) groups is 2. The van der Waals surface area contributed by atoms with Gasteiger partial charge in [-0.15, -0.1) is 11.3 Å². The summed E-state index contributed by atoms with van der Waals surface area (Å²) in [5.41, 5.74) is 1.98. The molecule has 0 amide bonds. The molecule has 0 aliphatic carbocycles. The van der Waals surface area contributed by atoms with Gasteiger partial charge in [0.15, 0.2) is 18.3 Å². The van der Waals surface area contributed by atoms with Crippen LogP contribution in [0.2, 0.25) is 0 Å². The summed E-state index contributed by atoms with van der Waals surface area (Å²) in [4.78, 5) is 28.5. The molecule has 2 aromatic heterocycles. The summed E-state index contributed by atoms with van der Waals surface area (Å²) in [5, 5.41) is 12.2. The summed E-state index contributed by atoms with van der Waals surface area (Å²) in [6.45, 7) is 1.31. The summed E-state index contributed by atoms with van der Waals surface area (Å²) in [5.74, 6) is -1.45. The zero-order chi connectivity index (χ0) is 19.4. The zero-order valence-electron chi connectivity index (χ0n) is 14.7. The molecule has 138 valence electrons. The van der Waals surface area contributed by atoms with Crippen molar-refractivity contribution in [1.29, 1.82) is 5.26 Å². The summed E-state index contributed by atoms with van der Waals surface area (Å²) >= 11 is 1.24. The molecule has 0 aliphatic rings. The molecule has 2 heterocycles. The van der Waals surface area contributed by atoms with Gasteiger partial charge in [0.1, 0.15) is 16.3 Å². The van der Waals surface area contributed by atoms with Gasteiger partial charge < -0.3 is 13.9 Å². The summed E-state index contributed by atoms with van der Waals surface area (Å²) in [7, 11) is 1.56. The number of hydrogen-bond acceptors (Lipinski definition) is 8. The van der Waals surface area contributed by atoms with Crippen LogP contribution in [0.1, 0.15) is 22.2 Å². The molecule has 1 aromatic carbocycles. The lowest BCUT2D eigenvalue weighted by Crippen LogP contribution is -2.20. The van der Waals surface area contributed by atoms with Gasteiger partial charge in [-0.25, -0.2) is 4.98 Å². The fraction of sp³-hybridized carbons (Fsp3) is 0.263. The average molecular weight is 384 g/mol. The smallest absolute Gasteiger partial charge is 0.310 e. The Hall–Kier alpha value is -3.18. The topological polar surface area (TPSA) is 102 Å². The van der Waals surface area contributed by atoms with E-state index in [9.17, 15) is 14.9 Å². The minimum atomic E-state index is -1.03. The summed E-state index contributed by atoms with van der Waals surface area (Å²) in [6, 6.07) is 7.20. The van der Waals surface area contributed by atoms with Crippen molar-refractivity contribution in [2.75, 3.05) is 13.7 Å². The van der Waals surface area contributed by atoms with Gasteiger partial charge in [-0.3, -0.25) is 9.59 Å². The lowest BCUT2D eigenvalue weighted by atomic mass is 10.1. The average Bonchev–Trinajstić information content (AvgIpc) is 3.26. The molecule has 1 atom stereocenters. The Morgan fingerprint density at radius 2 is 2.22 bits per heavy atom. The number of furan rings is 1. The van der Waals surface area contributed by atoms with Crippen LogP contribution in [0, 0.1) is 18.3 Å². The molecule has 0 saturated heterocycles. The van der Waals surface area contributed by atoms with Crippen LogP contribution >= 0.6 is 11.3 Å². The van der Waals surface area contributed by atoms with E-state index in [-0.39, 0.29) is 6.42 Å². The monoisotopic (exact) mass is 384 g/mol. The predicted octanol–water partition coefficient (Wildman–Crippen LogP) is 3.17. The molecule has 0 fully saturated rings. The number of ketones is 1. The number of nitrogens with zero attached hydrogens (tertiary/aromatic N) is 2. The van der Waals surface area contributed by atoms with Crippen LogP contribution in [0.5, 0.6) is 5.75 Å². The third kappa shape index (κ3) is 4.15. The molecule has 0 saturated carbocycles. The number of ether oxygens (including phenoxy) is 2. The van der Waals surface area contributed by atoms with Crippen LogP contribution in [0.4, 0.5) is 0 Å². The van der Waals surface area contributed by atoms with E-state index in [1.54, 1.807) is 37.6 Å². The minimum Gasteiger partial charge on any atom is -0.497 e. The van der Waals surface area contributed by atoms with E-state index < -0.39 is 24.3 Å². The normalized spacial score (nSPS) is 11.7. The van der Waals surface area contributed by atoms with Gasteiger partial charge in [0.2, 0.25) is 0 Å². The van der Waals surface area contributed by atoms with Crippen molar-refractivity contribution in [3.05, 3.63) is 46.1 Å². The maximum absolute atomic E-state index is 12.2. The van der Waals surface area contributed by atoms with Crippen LogP contribution in [-0.2, 0) is 20.7 Å². The number of esters is 1. The number of aromatic nitrogens is 1. The van der Waals surface area contributed by atoms with Gasteiger partial charge in [0.05, 0.1) is 25.9 Å². The van der Waals surface area contributed by atoms with Gasteiger partial charge in [-0.2, -0.15) is 5.26 Å². The number of rotatable bonds is 7.